The van der Waals surface area contributed by atoms with Crippen LogP contribution < -0.4 is 31.0 Å². The van der Waals surface area contributed by atoms with Gasteiger partial charge in [-0.2, -0.15) is 0 Å². The molecule has 1 aromatic carbocycles. The van der Waals surface area contributed by atoms with E-state index in [2.05, 4.69) is 31.5 Å². The molecule has 2 saturated carbocycles. The summed E-state index contributed by atoms with van der Waals surface area (Å²) >= 11 is 0. The van der Waals surface area contributed by atoms with Gasteiger partial charge in [0.1, 0.15) is 12.1 Å². The van der Waals surface area contributed by atoms with Crippen molar-refractivity contribution < 1.29 is 14.3 Å². The molecule has 3 fully saturated rings. The first-order valence-corrected chi connectivity index (χ1v) is 11.8. The number of benzene rings is 1. The molecular formula is C24H30N6O3. The first-order chi connectivity index (χ1) is 16.1. The van der Waals surface area contributed by atoms with Gasteiger partial charge >= 0.3 is 0 Å². The van der Waals surface area contributed by atoms with E-state index in [1.807, 2.05) is 25.1 Å². The third-order valence-corrected chi connectivity index (χ3v) is 8.01. The molecule has 6 atom stereocenters. The number of hydrogen-bond acceptors (Lipinski definition) is 8. The maximum Gasteiger partial charge on any atom is 0.235 e. The largest absolute Gasteiger partial charge is 0.497 e. The number of methoxy groups -OCH3 is 1. The Bertz CT molecular complexity index is 1080. The minimum absolute atomic E-state index is 0.0676. The van der Waals surface area contributed by atoms with E-state index in [0.717, 1.165) is 42.7 Å². The summed E-state index contributed by atoms with van der Waals surface area (Å²) in [6.07, 6.45) is 7.48. The fraction of sp³-hybridized carbons (Fsp3) is 0.542. The van der Waals surface area contributed by atoms with E-state index >= 15 is 0 Å². The molecule has 3 heterocycles. The number of hydrogen-bond donors (Lipinski definition) is 4. The Labute approximate surface area is 193 Å². The quantitative estimate of drug-likeness (QED) is 0.531. The lowest BCUT2D eigenvalue weighted by Crippen LogP contribution is -2.39. The molecule has 1 saturated heterocycles. The molecule has 2 aromatic rings. The van der Waals surface area contributed by atoms with Gasteiger partial charge in [-0.05, 0) is 68.2 Å². The number of hydrazine groups is 1. The molecule has 2 aliphatic carbocycles. The van der Waals surface area contributed by atoms with E-state index in [0.29, 0.717) is 42.0 Å². The lowest BCUT2D eigenvalue weighted by Gasteiger charge is -2.34. The standard InChI is InChI=1S/C24H30N6O3/c1-3-33-20-11-25-12-26-22(20)28-21-15-6-4-13(8-19(15)29-30-21)17-10-24(17)16-9-14(32-2)5-7-18(16)27-23(24)31/h5,7,9,11-13,15,17,19,21,29-30H,3-4,6,8,10H2,1-2H3,(H,27,31)(H,25,26,28)/t13?,15?,17-,19?,21?,24-/m0/s1. The number of fused-ring (bicyclic) bond motifs is 3. The van der Waals surface area contributed by atoms with Crippen LogP contribution in [0.25, 0.3) is 0 Å². The Morgan fingerprint density at radius 1 is 1.27 bits per heavy atom. The zero-order valence-corrected chi connectivity index (χ0v) is 18.9. The summed E-state index contributed by atoms with van der Waals surface area (Å²) in [5, 5.41) is 6.62. The fourth-order valence-corrected chi connectivity index (χ4v) is 6.35. The van der Waals surface area contributed by atoms with Gasteiger partial charge in [0, 0.05) is 17.6 Å². The Balaban J connectivity index is 1.15. The average molecular weight is 451 g/mol. The molecule has 174 valence electrons. The number of rotatable bonds is 6. The second-order valence-corrected chi connectivity index (χ2v) is 9.57. The van der Waals surface area contributed by atoms with Crippen molar-refractivity contribution in [2.75, 3.05) is 24.4 Å². The number of aromatic nitrogens is 2. The van der Waals surface area contributed by atoms with Crippen LogP contribution in [0, 0.1) is 17.8 Å². The molecular weight excluding hydrogens is 420 g/mol. The number of carbonyl (C=O) groups excluding carboxylic acids is 1. The molecule has 33 heavy (non-hydrogen) atoms. The van der Waals surface area contributed by atoms with Gasteiger partial charge in [-0.3, -0.25) is 10.2 Å². The van der Waals surface area contributed by atoms with Crippen molar-refractivity contribution >= 4 is 17.4 Å². The first kappa shape index (κ1) is 20.7. The molecule has 1 amide bonds. The molecule has 1 spiro atoms. The van der Waals surface area contributed by atoms with E-state index in [-0.39, 0.29) is 17.5 Å². The monoisotopic (exact) mass is 450 g/mol. The van der Waals surface area contributed by atoms with Crippen LogP contribution in [0.3, 0.4) is 0 Å². The normalized spacial score (nSPS) is 33.9. The zero-order valence-electron chi connectivity index (χ0n) is 18.9. The molecule has 1 aromatic heterocycles. The van der Waals surface area contributed by atoms with Crippen LogP contribution in [0.1, 0.15) is 38.2 Å². The summed E-state index contributed by atoms with van der Waals surface area (Å²) in [6, 6.07) is 6.28. The van der Waals surface area contributed by atoms with Gasteiger partial charge in [0.25, 0.3) is 0 Å². The van der Waals surface area contributed by atoms with Gasteiger partial charge in [0.05, 0.1) is 31.5 Å². The lowest BCUT2D eigenvalue weighted by atomic mass is 9.74. The topological polar surface area (TPSA) is 109 Å². The van der Waals surface area contributed by atoms with Crippen molar-refractivity contribution in [3.8, 4) is 11.5 Å². The number of nitrogens with one attached hydrogen (secondary N) is 4. The average Bonchev–Trinajstić information content (AvgIpc) is 3.39. The Kier molecular flexibility index (Phi) is 4.92. The Hall–Kier alpha value is -2.91. The summed E-state index contributed by atoms with van der Waals surface area (Å²) < 4.78 is 11.1. The van der Waals surface area contributed by atoms with E-state index in [4.69, 9.17) is 9.47 Å². The van der Waals surface area contributed by atoms with Crippen molar-refractivity contribution in [3.63, 3.8) is 0 Å². The van der Waals surface area contributed by atoms with Gasteiger partial charge in [-0.25, -0.2) is 15.4 Å². The van der Waals surface area contributed by atoms with Crippen LogP contribution in [0.5, 0.6) is 11.5 Å². The predicted molar refractivity (Wildman–Crippen MR) is 123 cm³/mol. The highest BCUT2D eigenvalue weighted by atomic mass is 16.5. The van der Waals surface area contributed by atoms with Gasteiger partial charge in [0.2, 0.25) is 5.91 Å². The Morgan fingerprint density at radius 2 is 2.18 bits per heavy atom. The van der Waals surface area contributed by atoms with Crippen molar-refractivity contribution in [1.29, 1.82) is 0 Å². The number of carbonyl (C=O) groups is 1. The maximum atomic E-state index is 13.0. The van der Waals surface area contributed by atoms with Gasteiger partial charge < -0.3 is 20.1 Å². The highest BCUT2D eigenvalue weighted by Gasteiger charge is 2.67. The Morgan fingerprint density at radius 3 is 3.03 bits per heavy atom. The van der Waals surface area contributed by atoms with E-state index in [1.165, 1.54) is 6.33 Å². The van der Waals surface area contributed by atoms with Crippen LogP contribution in [0.2, 0.25) is 0 Å². The summed E-state index contributed by atoms with van der Waals surface area (Å²) in [6.45, 7) is 2.52. The van der Waals surface area contributed by atoms with E-state index < -0.39 is 0 Å². The highest BCUT2D eigenvalue weighted by molar-refractivity contribution is 6.09. The minimum Gasteiger partial charge on any atom is -0.497 e. The summed E-state index contributed by atoms with van der Waals surface area (Å²) in [5.74, 6) is 3.67. The molecule has 4 aliphatic rings. The highest BCUT2D eigenvalue weighted by Crippen LogP contribution is 2.65. The van der Waals surface area contributed by atoms with Crippen molar-refractivity contribution in [1.82, 2.24) is 20.8 Å². The molecule has 9 heteroatoms. The van der Waals surface area contributed by atoms with Gasteiger partial charge in [0.15, 0.2) is 11.6 Å². The van der Waals surface area contributed by atoms with Gasteiger partial charge in [-0.15, -0.1) is 0 Å². The number of amides is 1. The number of nitrogens with zero attached hydrogens (tertiary/aromatic N) is 2. The summed E-state index contributed by atoms with van der Waals surface area (Å²) in [4.78, 5) is 21.5. The SMILES string of the molecule is CCOc1cncnc1NC1NNC2CC([C@@H]3C[C@@]34C(=O)Nc3ccc(OC)cc34)CCC21. The second-order valence-electron chi connectivity index (χ2n) is 9.57. The summed E-state index contributed by atoms with van der Waals surface area (Å²) in [5.41, 5.74) is 8.61. The minimum atomic E-state index is -0.377. The van der Waals surface area contributed by atoms with Crippen LogP contribution in [-0.2, 0) is 10.2 Å². The van der Waals surface area contributed by atoms with Crippen molar-refractivity contribution in [2.24, 2.45) is 17.8 Å². The van der Waals surface area contributed by atoms with Crippen molar-refractivity contribution in [2.45, 2.75) is 50.2 Å². The molecule has 0 bridgehead atoms. The van der Waals surface area contributed by atoms with Crippen LogP contribution in [-0.4, -0.2) is 41.8 Å². The molecule has 4 N–H and O–H groups in total. The second kappa shape index (κ2) is 7.85. The lowest BCUT2D eigenvalue weighted by molar-refractivity contribution is -0.118. The van der Waals surface area contributed by atoms with Crippen LogP contribution in [0.15, 0.2) is 30.7 Å². The zero-order chi connectivity index (χ0) is 22.6. The van der Waals surface area contributed by atoms with Crippen LogP contribution in [0.4, 0.5) is 11.5 Å². The van der Waals surface area contributed by atoms with E-state index in [9.17, 15) is 4.79 Å². The molecule has 9 nitrogen and oxygen atoms in total. The maximum absolute atomic E-state index is 13.0. The molecule has 4 unspecified atom stereocenters. The van der Waals surface area contributed by atoms with Crippen LogP contribution >= 0.6 is 0 Å². The van der Waals surface area contributed by atoms with Gasteiger partial charge in [-0.1, -0.05) is 0 Å². The third kappa shape index (κ3) is 3.25. The fourth-order valence-electron chi connectivity index (χ4n) is 6.35. The summed E-state index contributed by atoms with van der Waals surface area (Å²) in [7, 11) is 1.67. The molecule has 0 radical (unpaired) electrons. The predicted octanol–water partition coefficient (Wildman–Crippen LogP) is 2.42. The smallest absolute Gasteiger partial charge is 0.235 e. The third-order valence-electron chi connectivity index (χ3n) is 8.01. The number of ether oxygens (including phenoxy) is 2. The van der Waals surface area contributed by atoms with E-state index in [1.54, 1.807) is 13.3 Å². The molecule has 6 rings (SSSR count). The molecule has 2 aliphatic heterocycles. The van der Waals surface area contributed by atoms with Crippen molar-refractivity contribution in [3.05, 3.63) is 36.3 Å². The first-order valence-electron chi connectivity index (χ1n) is 11.8. The number of anilines is 2.